The van der Waals surface area contributed by atoms with Gasteiger partial charge in [-0.2, -0.15) is 0 Å². The van der Waals surface area contributed by atoms with Crippen LogP contribution in [0.5, 0.6) is 0 Å². The molecule has 2 heteroatoms. The summed E-state index contributed by atoms with van der Waals surface area (Å²) in [5.74, 6) is 0.505. The molecule has 1 heterocycles. The molecule has 1 aromatic carbocycles. The number of para-hydroxylation sites is 1. The lowest BCUT2D eigenvalue weighted by Gasteiger charge is -2.05. The first-order chi connectivity index (χ1) is 7.53. The van der Waals surface area contributed by atoms with E-state index in [0.717, 1.165) is 0 Å². The first-order valence-electron chi connectivity index (χ1n) is 5.83. The van der Waals surface area contributed by atoms with Gasteiger partial charge in [0.25, 0.3) is 0 Å². The van der Waals surface area contributed by atoms with E-state index in [-0.39, 0.29) is 5.41 Å². The summed E-state index contributed by atoms with van der Waals surface area (Å²) in [6.07, 6.45) is 0. The van der Waals surface area contributed by atoms with Gasteiger partial charge < -0.3 is 10.3 Å². The Hall–Kier alpha value is -1.28. The number of aromatic nitrogens is 1. The van der Waals surface area contributed by atoms with Crippen molar-refractivity contribution in [1.29, 1.82) is 0 Å². The van der Waals surface area contributed by atoms with E-state index < -0.39 is 0 Å². The van der Waals surface area contributed by atoms with Crippen LogP contribution in [0, 0.1) is 5.41 Å². The van der Waals surface area contributed by atoms with Crippen LogP contribution in [0.3, 0.4) is 0 Å². The summed E-state index contributed by atoms with van der Waals surface area (Å²) in [4.78, 5) is 0. The highest BCUT2D eigenvalue weighted by atomic mass is 15.0. The lowest BCUT2D eigenvalue weighted by molar-refractivity contribution is 0.590. The van der Waals surface area contributed by atoms with Crippen LogP contribution < -0.4 is 5.73 Å². The molecule has 1 aliphatic carbocycles. The molecule has 1 saturated carbocycles. The Labute approximate surface area is 96.1 Å². The van der Waals surface area contributed by atoms with Gasteiger partial charge in [0.1, 0.15) is 0 Å². The van der Waals surface area contributed by atoms with Crippen LogP contribution in [0.1, 0.15) is 25.5 Å². The van der Waals surface area contributed by atoms with Crippen molar-refractivity contribution in [3.8, 4) is 0 Å². The molecule has 2 aromatic rings. The lowest BCUT2D eigenvalue weighted by Crippen LogP contribution is -2.06. The van der Waals surface area contributed by atoms with Gasteiger partial charge in [0, 0.05) is 30.2 Å². The zero-order chi connectivity index (χ0) is 11.5. The van der Waals surface area contributed by atoms with Gasteiger partial charge in [-0.3, -0.25) is 0 Å². The third-order valence-corrected chi connectivity index (χ3v) is 4.22. The van der Waals surface area contributed by atoms with Crippen LogP contribution >= 0.6 is 0 Å². The van der Waals surface area contributed by atoms with E-state index in [4.69, 9.17) is 5.73 Å². The molecule has 0 spiro atoms. The Kier molecular flexibility index (Phi) is 1.79. The van der Waals surface area contributed by atoms with Gasteiger partial charge >= 0.3 is 0 Å². The van der Waals surface area contributed by atoms with E-state index in [1.807, 2.05) is 0 Å². The fraction of sp³-hybridized carbons (Fsp3) is 0.429. The van der Waals surface area contributed by atoms with Crippen LogP contribution in [0.15, 0.2) is 30.3 Å². The number of hydrogen-bond donors (Lipinski definition) is 1. The highest BCUT2D eigenvalue weighted by Gasteiger charge is 2.57. The van der Waals surface area contributed by atoms with Crippen molar-refractivity contribution in [2.45, 2.75) is 25.8 Å². The Morgan fingerprint density at radius 2 is 1.88 bits per heavy atom. The fourth-order valence-corrected chi connectivity index (χ4v) is 2.85. The van der Waals surface area contributed by atoms with Gasteiger partial charge in [-0.05, 0) is 22.9 Å². The summed E-state index contributed by atoms with van der Waals surface area (Å²) >= 11 is 0. The fourth-order valence-electron chi connectivity index (χ4n) is 2.85. The van der Waals surface area contributed by atoms with E-state index >= 15 is 0 Å². The average molecular weight is 214 g/mol. The van der Waals surface area contributed by atoms with Crippen LogP contribution in [0.2, 0.25) is 0 Å². The maximum atomic E-state index is 6.15. The third kappa shape index (κ3) is 1.11. The normalized spacial score (nSPS) is 27.2. The van der Waals surface area contributed by atoms with Crippen molar-refractivity contribution in [3.63, 3.8) is 0 Å². The summed E-state index contributed by atoms with van der Waals surface area (Å²) in [5.41, 5.74) is 9.08. The third-order valence-electron chi connectivity index (χ3n) is 4.22. The predicted molar refractivity (Wildman–Crippen MR) is 67.4 cm³/mol. The molecule has 3 rings (SSSR count). The molecule has 2 nitrogen and oxygen atoms in total. The Morgan fingerprint density at radius 3 is 2.44 bits per heavy atom. The van der Waals surface area contributed by atoms with Gasteiger partial charge in [0.05, 0.1) is 0 Å². The molecule has 2 N–H and O–H groups in total. The number of nitrogens with zero attached hydrogens (tertiary/aromatic N) is 1. The second kappa shape index (κ2) is 2.89. The van der Waals surface area contributed by atoms with Crippen LogP contribution in [0.25, 0.3) is 10.9 Å². The van der Waals surface area contributed by atoms with Gasteiger partial charge in [0.2, 0.25) is 0 Å². The summed E-state index contributed by atoms with van der Waals surface area (Å²) in [5, 5.41) is 1.31. The molecule has 0 amide bonds. The standard InChI is InChI=1S/C14H18N2/c1-14(2)12(13(14)15)11-8-9-6-4-5-7-10(9)16(11)3/h4-8,12-13H,15H2,1-3H3. The predicted octanol–water partition coefficient (Wildman–Crippen LogP) is 2.63. The molecule has 0 radical (unpaired) electrons. The number of rotatable bonds is 1. The monoisotopic (exact) mass is 214 g/mol. The summed E-state index contributed by atoms with van der Waals surface area (Å²) < 4.78 is 2.29. The van der Waals surface area contributed by atoms with Crippen LogP contribution in [-0.4, -0.2) is 10.6 Å². The molecule has 0 aliphatic heterocycles. The number of nitrogens with two attached hydrogens (primary N) is 1. The molecule has 1 aromatic heterocycles. The minimum absolute atomic E-state index is 0.252. The topological polar surface area (TPSA) is 30.9 Å². The Balaban J connectivity index is 2.16. The van der Waals surface area contributed by atoms with Gasteiger partial charge in [0.15, 0.2) is 0 Å². The van der Waals surface area contributed by atoms with E-state index in [0.29, 0.717) is 12.0 Å². The number of hydrogen-bond acceptors (Lipinski definition) is 1. The quantitative estimate of drug-likeness (QED) is 0.777. The van der Waals surface area contributed by atoms with E-state index in [1.54, 1.807) is 0 Å². The zero-order valence-corrected chi connectivity index (χ0v) is 10.1. The second-order valence-electron chi connectivity index (χ2n) is 5.51. The van der Waals surface area contributed by atoms with E-state index in [2.05, 4.69) is 55.8 Å². The molecule has 2 unspecified atom stereocenters. The van der Waals surface area contributed by atoms with Crippen LogP contribution in [-0.2, 0) is 7.05 Å². The van der Waals surface area contributed by atoms with Crippen molar-refractivity contribution in [2.75, 3.05) is 0 Å². The molecule has 1 aliphatic rings. The van der Waals surface area contributed by atoms with Crippen LogP contribution in [0.4, 0.5) is 0 Å². The van der Waals surface area contributed by atoms with Crippen molar-refractivity contribution in [2.24, 2.45) is 18.2 Å². The molecule has 16 heavy (non-hydrogen) atoms. The summed E-state index contributed by atoms with van der Waals surface area (Å²) in [6, 6.07) is 11.1. The zero-order valence-electron chi connectivity index (χ0n) is 10.1. The van der Waals surface area contributed by atoms with Crippen molar-refractivity contribution in [3.05, 3.63) is 36.0 Å². The number of aryl methyl sites for hydroxylation is 1. The second-order valence-corrected chi connectivity index (χ2v) is 5.51. The molecular weight excluding hydrogens is 196 g/mol. The number of benzene rings is 1. The average Bonchev–Trinajstić information content (AvgIpc) is 2.60. The van der Waals surface area contributed by atoms with E-state index in [9.17, 15) is 0 Å². The van der Waals surface area contributed by atoms with Gasteiger partial charge in [-0.25, -0.2) is 0 Å². The van der Waals surface area contributed by atoms with Gasteiger partial charge in [-0.1, -0.05) is 32.0 Å². The lowest BCUT2D eigenvalue weighted by atomic mass is 10.1. The largest absolute Gasteiger partial charge is 0.347 e. The van der Waals surface area contributed by atoms with Crippen molar-refractivity contribution in [1.82, 2.24) is 4.57 Å². The maximum absolute atomic E-state index is 6.15. The SMILES string of the molecule is Cn1c(C2C(N)C2(C)C)cc2ccccc21. The minimum atomic E-state index is 0.252. The van der Waals surface area contributed by atoms with Crippen molar-refractivity contribution >= 4 is 10.9 Å². The highest BCUT2D eigenvalue weighted by molar-refractivity contribution is 5.81. The molecular formula is C14H18N2. The Morgan fingerprint density at radius 1 is 1.25 bits per heavy atom. The molecule has 0 saturated heterocycles. The van der Waals surface area contributed by atoms with Crippen molar-refractivity contribution < 1.29 is 0 Å². The summed E-state index contributed by atoms with van der Waals surface area (Å²) in [7, 11) is 2.14. The molecule has 2 atom stereocenters. The molecule has 84 valence electrons. The minimum Gasteiger partial charge on any atom is -0.347 e. The van der Waals surface area contributed by atoms with Gasteiger partial charge in [-0.15, -0.1) is 0 Å². The number of fused-ring (bicyclic) bond motifs is 1. The first kappa shape index (κ1) is 9.91. The summed E-state index contributed by atoms with van der Waals surface area (Å²) in [6.45, 7) is 4.50. The van der Waals surface area contributed by atoms with E-state index in [1.165, 1.54) is 16.6 Å². The maximum Gasteiger partial charge on any atom is 0.0479 e. The first-order valence-corrected chi connectivity index (χ1v) is 5.83. The molecule has 1 fully saturated rings. The molecule has 0 bridgehead atoms. The smallest absolute Gasteiger partial charge is 0.0479 e. The Bertz CT molecular complexity index is 551. The highest BCUT2D eigenvalue weighted by Crippen LogP contribution is 2.57.